The maximum absolute atomic E-state index is 14.8. The lowest BCUT2D eigenvalue weighted by molar-refractivity contribution is -0.141. The van der Waals surface area contributed by atoms with Gasteiger partial charge in [0.25, 0.3) is 0 Å². The lowest BCUT2D eigenvalue weighted by Crippen LogP contribution is -2.50. The first-order valence-corrected chi connectivity index (χ1v) is 16.7. The molecule has 0 saturated carbocycles. The van der Waals surface area contributed by atoms with E-state index in [-0.39, 0.29) is 49.7 Å². The number of unbranched alkanes of at least 4 members (excludes halogenated alkanes) is 1. The summed E-state index contributed by atoms with van der Waals surface area (Å²) in [5.41, 5.74) is 1.54. The van der Waals surface area contributed by atoms with Gasteiger partial charge < -0.3 is 19.7 Å². The Kier molecular flexibility index (Phi) is 11.6. The van der Waals surface area contributed by atoms with Crippen LogP contribution >= 0.6 is 0 Å². The van der Waals surface area contributed by atoms with Crippen molar-refractivity contribution in [3.8, 4) is 11.5 Å². The van der Waals surface area contributed by atoms with Gasteiger partial charge in [-0.1, -0.05) is 61.9 Å². The molecule has 0 aliphatic carbocycles. The molecule has 3 aromatic carbocycles. The van der Waals surface area contributed by atoms with Crippen molar-refractivity contribution in [1.29, 1.82) is 0 Å². The van der Waals surface area contributed by atoms with Crippen molar-refractivity contribution in [2.24, 2.45) is 0 Å². The number of benzene rings is 3. The minimum absolute atomic E-state index is 0.0177. The molecular weight excluding hydrogens is 585 g/mol. The standard InChI is InChI=1S/C33H40FN3O6S/c1-3-4-18-35-33(39)29(22-25-11-6-5-7-12-25)36(24-26-13-8-9-14-28(26)34)32(38)15-10-19-37(44(2,40)41)27-16-17-30-31(23-27)43-21-20-42-30/h5-9,11-14,16-17,23,29H,3-4,10,15,18-22,24H2,1-2H3,(H,35,39). The average molecular weight is 626 g/mol. The van der Waals surface area contributed by atoms with Crippen LogP contribution < -0.4 is 19.1 Å². The molecule has 0 aromatic heterocycles. The Balaban J connectivity index is 1.57. The fourth-order valence-electron chi connectivity index (χ4n) is 5.06. The lowest BCUT2D eigenvalue weighted by Gasteiger charge is -2.32. The van der Waals surface area contributed by atoms with Crippen LogP contribution in [0.4, 0.5) is 10.1 Å². The number of anilines is 1. The van der Waals surface area contributed by atoms with Crippen LogP contribution in [0.25, 0.3) is 0 Å². The number of sulfonamides is 1. The predicted octanol–water partition coefficient (Wildman–Crippen LogP) is 4.70. The van der Waals surface area contributed by atoms with Crippen LogP contribution in [-0.4, -0.2) is 63.7 Å². The molecule has 1 heterocycles. The number of ether oxygens (including phenoxy) is 2. The monoisotopic (exact) mass is 625 g/mol. The predicted molar refractivity (Wildman–Crippen MR) is 168 cm³/mol. The van der Waals surface area contributed by atoms with Gasteiger partial charge in [-0.2, -0.15) is 0 Å². The number of halogens is 1. The zero-order chi connectivity index (χ0) is 31.5. The third kappa shape index (κ3) is 8.95. The summed E-state index contributed by atoms with van der Waals surface area (Å²) >= 11 is 0. The van der Waals surface area contributed by atoms with E-state index in [1.54, 1.807) is 36.4 Å². The van der Waals surface area contributed by atoms with Crippen molar-refractivity contribution in [2.45, 2.75) is 51.6 Å². The molecule has 1 aliphatic heterocycles. The van der Waals surface area contributed by atoms with Gasteiger partial charge in [-0.3, -0.25) is 13.9 Å². The first-order chi connectivity index (χ1) is 21.2. The smallest absolute Gasteiger partial charge is 0.243 e. The second kappa shape index (κ2) is 15.6. The Hall–Kier alpha value is -4.12. The zero-order valence-electron chi connectivity index (χ0n) is 25.2. The summed E-state index contributed by atoms with van der Waals surface area (Å²) in [7, 11) is -3.70. The van der Waals surface area contributed by atoms with E-state index in [9.17, 15) is 22.4 Å². The summed E-state index contributed by atoms with van der Waals surface area (Å²) in [6, 6.07) is 19.6. The van der Waals surface area contributed by atoms with Gasteiger partial charge in [0.05, 0.1) is 11.9 Å². The maximum Gasteiger partial charge on any atom is 0.243 e. The van der Waals surface area contributed by atoms with Crippen molar-refractivity contribution >= 4 is 27.5 Å². The van der Waals surface area contributed by atoms with E-state index >= 15 is 0 Å². The Labute approximate surface area is 259 Å². The van der Waals surface area contributed by atoms with Gasteiger partial charge in [0.2, 0.25) is 21.8 Å². The molecule has 1 atom stereocenters. The third-order valence-corrected chi connectivity index (χ3v) is 8.56. The lowest BCUT2D eigenvalue weighted by atomic mass is 10.0. The Bertz CT molecular complexity index is 1520. The number of carbonyl (C=O) groups is 2. The molecule has 0 bridgehead atoms. The number of fused-ring (bicyclic) bond motifs is 1. The molecule has 11 heteroatoms. The minimum atomic E-state index is -3.70. The second-order valence-corrected chi connectivity index (χ2v) is 12.6. The number of amides is 2. The summed E-state index contributed by atoms with van der Waals surface area (Å²) in [6.07, 6.45) is 3.13. The van der Waals surface area contributed by atoms with Gasteiger partial charge in [0.1, 0.15) is 25.1 Å². The van der Waals surface area contributed by atoms with Crippen molar-refractivity contribution in [1.82, 2.24) is 10.2 Å². The quantitative estimate of drug-likeness (QED) is 0.246. The SMILES string of the molecule is CCCCNC(=O)C(Cc1ccccc1)N(Cc1ccccc1F)C(=O)CCCN(c1ccc2c(c1)OCCO2)S(C)(=O)=O. The summed E-state index contributed by atoms with van der Waals surface area (Å²) in [4.78, 5) is 28.9. The molecule has 236 valence electrons. The first kappa shape index (κ1) is 32.8. The van der Waals surface area contributed by atoms with Gasteiger partial charge in [-0.25, -0.2) is 12.8 Å². The number of rotatable bonds is 15. The Morgan fingerprint density at radius 2 is 1.66 bits per heavy atom. The molecule has 0 saturated heterocycles. The van der Waals surface area contributed by atoms with E-state index in [1.165, 1.54) is 15.3 Å². The van der Waals surface area contributed by atoms with Gasteiger partial charge in [-0.05, 0) is 36.6 Å². The zero-order valence-corrected chi connectivity index (χ0v) is 26.0. The van der Waals surface area contributed by atoms with Crippen LogP contribution in [0, 0.1) is 5.82 Å². The molecule has 1 aliphatic rings. The number of carbonyl (C=O) groups excluding carboxylic acids is 2. The van der Waals surface area contributed by atoms with Crippen molar-refractivity contribution < 1.29 is 31.9 Å². The van der Waals surface area contributed by atoms with Gasteiger partial charge in [0, 0.05) is 44.1 Å². The molecule has 44 heavy (non-hydrogen) atoms. The van der Waals surface area contributed by atoms with Crippen molar-refractivity contribution in [2.75, 3.05) is 36.9 Å². The molecule has 2 amide bonds. The average Bonchev–Trinajstić information content (AvgIpc) is 3.01. The van der Waals surface area contributed by atoms with E-state index in [0.717, 1.165) is 24.7 Å². The van der Waals surface area contributed by atoms with Crippen LogP contribution in [0.5, 0.6) is 11.5 Å². The molecular formula is C33H40FN3O6S. The van der Waals surface area contributed by atoms with E-state index in [0.29, 0.717) is 36.9 Å². The summed E-state index contributed by atoms with van der Waals surface area (Å²) < 4.78 is 52.8. The minimum Gasteiger partial charge on any atom is -0.486 e. The normalized spacial score (nSPS) is 13.2. The third-order valence-electron chi connectivity index (χ3n) is 7.37. The number of hydrogen-bond donors (Lipinski definition) is 1. The van der Waals surface area contributed by atoms with Crippen LogP contribution in [0.3, 0.4) is 0 Å². The summed E-state index contributed by atoms with van der Waals surface area (Å²) in [5.74, 6) is -0.185. The summed E-state index contributed by atoms with van der Waals surface area (Å²) in [6.45, 7) is 3.16. The van der Waals surface area contributed by atoms with Crippen LogP contribution in [0.1, 0.15) is 43.7 Å². The molecule has 1 N–H and O–H groups in total. The van der Waals surface area contributed by atoms with Crippen LogP contribution in [-0.2, 0) is 32.6 Å². The van der Waals surface area contributed by atoms with Crippen LogP contribution in [0.15, 0.2) is 72.8 Å². The van der Waals surface area contributed by atoms with E-state index in [4.69, 9.17) is 9.47 Å². The van der Waals surface area contributed by atoms with E-state index in [2.05, 4.69) is 5.32 Å². The summed E-state index contributed by atoms with van der Waals surface area (Å²) in [5, 5.41) is 2.94. The molecule has 1 unspecified atom stereocenters. The van der Waals surface area contributed by atoms with Crippen molar-refractivity contribution in [3.05, 3.63) is 89.7 Å². The topological polar surface area (TPSA) is 105 Å². The van der Waals surface area contributed by atoms with Gasteiger partial charge >= 0.3 is 0 Å². The highest BCUT2D eigenvalue weighted by Gasteiger charge is 2.31. The number of nitrogens with one attached hydrogen (secondary N) is 1. The Morgan fingerprint density at radius 1 is 0.955 bits per heavy atom. The van der Waals surface area contributed by atoms with Crippen molar-refractivity contribution in [3.63, 3.8) is 0 Å². The number of hydrogen-bond acceptors (Lipinski definition) is 6. The molecule has 3 aromatic rings. The first-order valence-electron chi connectivity index (χ1n) is 14.9. The molecule has 9 nitrogen and oxygen atoms in total. The highest BCUT2D eigenvalue weighted by atomic mass is 32.2. The number of nitrogens with zero attached hydrogens (tertiary/aromatic N) is 2. The van der Waals surface area contributed by atoms with E-state index in [1.807, 2.05) is 37.3 Å². The van der Waals surface area contributed by atoms with Gasteiger partial charge in [-0.15, -0.1) is 0 Å². The largest absolute Gasteiger partial charge is 0.486 e. The van der Waals surface area contributed by atoms with Crippen LogP contribution in [0.2, 0.25) is 0 Å². The highest BCUT2D eigenvalue weighted by molar-refractivity contribution is 7.92. The molecule has 0 fully saturated rings. The maximum atomic E-state index is 14.8. The molecule has 0 spiro atoms. The highest BCUT2D eigenvalue weighted by Crippen LogP contribution is 2.35. The second-order valence-electron chi connectivity index (χ2n) is 10.7. The van der Waals surface area contributed by atoms with Gasteiger partial charge in [0.15, 0.2) is 11.5 Å². The fraction of sp³-hybridized carbons (Fsp3) is 0.394. The van der Waals surface area contributed by atoms with E-state index < -0.39 is 21.9 Å². The molecule has 0 radical (unpaired) electrons. The molecule has 4 rings (SSSR count). The fourth-order valence-corrected chi connectivity index (χ4v) is 6.02. The Morgan fingerprint density at radius 3 is 2.36 bits per heavy atom.